The molecular weight excluding hydrogens is 296 g/mol. The molecule has 0 amide bonds. The fourth-order valence-electron chi connectivity index (χ4n) is 1.46. The summed E-state index contributed by atoms with van der Waals surface area (Å²) in [5.74, 6) is 0.525. The van der Waals surface area contributed by atoms with E-state index in [0.717, 1.165) is 23.0 Å². The van der Waals surface area contributed by atoms with Crippen LogP contribution in [0.25, 0.3) is 0 Å². The van der Waals surface area contributed by atoms with Crippen LogP contribution in [0.4, 0.5) is 11.5 Å². The SMILES string of the molecule is CCCNc1cc([N+](=O)[O-])cc(Sc2nc(C)cs2)n1. The minimum atomic E-state index is -0.407. The molecule has 0 aromatic carbocycles. The number of nitrogens with one attached hydrogen (secondary N) is 1. The van der Waals surface area contributed by atoms with E-state index in [9.17, 15) is 10.1 Å². The highest BCUT2D eigenvalue weighted by Crippen LogP contribution is 2.32. The minimum absolute atomic E-state index is 0.0365. The van der Waals surface area contributed by atoms with Gasteiger partial charge in [0, 0.05) is 23.7 Å². The molecule has 0 radical (unpaired) electrons. The minimum Gasteiger partial charge on any atom is -0.370 e. The van der Waals surface area contributed by atoms with Crippen molar-refractivity contribution in [1.82, 2.24) is 9.97 Å². The quantitative estimate of drug-likeness (QED) is 0.647. The lowest BCUT2D eigenvalue weighted by atomic mass is 10.4. The Morgan fingerprint density at radius 3 is 2.85 bits per heavy atom. The van der Waals surface area contributed by atoms with Crippen molar-refractivity contribution in [2.75, 3.05) is 11.9 Å². The number of aryl methyl sites for hydroxylation is 1. The van der Waals surface area contributed by atoms with Crippen molar-refractivity contribution in [3.8, 4) is 0 Å². The Morgan fingerprint density at radius 1 is 1.45 bits per heavy atom. The van der Waals surface area contributed by atoms with Gasteiger partial charge in [-0.25, -0.2) is 9.97 Å². The number of pyridine rings is 1. The Labute approximate surface area is 124 Å². The number of hydrogen-bond acceptors (Lipinski definition) is 7. The van der Waals surface area contributed by atoms with E-state index in [1.54, 1.807) is 0 Å². The maximum atomic E-state index is 11.0. The third kappa shape index (κ3) is 3.91. The van der Waals surface area contributed by atoms with Gasteiger partial charge in [-0.2, -0.15) is 0 Å². The predicted octanol–water partition coefficient (Wildman–Crippen LogP) is 3.73. The van der Waals surface area contributed by atoms with Gasteiger partial charge in [-0.05, 0) is 25.1 Å². The summed E-state index contributed by atoms with van der Waals surface area (Å²) in [5.41, 5.74) is 0.974. The second-order valence-corrected chi connectivity index (χ2v) is 6.22. The molecule has 0 saturated heterocycles. The monoisotopic (exact) mass is 310 g/mol. The average molecular weight is 310 g/mol. The summed E-state index contributed by atoms with van der Waals surface area (Å²) in [4.78, 5) is 19.3. The molecule has 2 rings (SSSR count). The van der Waals surface area contributed by atoms with Crippen LogP contribution in [-0.4, -0.2) is 21.4 Å². The van der Waals surface area contributed by atoms with E-state index >= 15 is 0 Å². The van der Waals surface area contributed by atoms with Crippen molar-refractivity contribution in [3.63, 3.8) is 0 Å². The van der Waals surface area contributed by atoms with E-state index in [0.29, 0.717) is 10.8 Å². The Kier molecular flexibility index (Phi) is 4.91. The first-order valence-electron chi connectivity index (χ1n) is 6.09. The molecule has 8 heteroatoms. The molecule has 2 heterocycles. The highest BCUT2D eigenvalue weighted by Gasteiger charge is 2.13. The summed E-state index contributed by atoms with van der Waals surface area (Å²) in [6.07, 6.45) is 0.929. The third-order valence-corrected chi connectivity index (χ3v) is 4.32. The summed E-state index contributed by atoms with van der Waals surface area (Å²) in [6.45, 7) is 4.67. The first kappa shape index (κ1) is 14.7. The molecular formula is C12H14N4O2S2. The van der Waals surface area contributed by atoms with Gasteiger partial charge in [0.05, 0.1) is 11.0 Å². The van der Waals surface area contributed by atoms with Gasteiger partial charge in [0.2, 0.25) is 0 Å². The molecule has 1 N–H and O–H groups in total. The molecule has 0 bridgehead atoms. The van der Waals surface area contributed by atoms with Gasteiger partial charge in [0.1, 0.15) is 10.8 Å². The molecule has 0 unspecified atom stereocenters. The molecule has 0 aliphatic heterocycles. The van der Waals surface area contributed by atoms with Gasteiger partial charge in [-0.15, -0.1) is 11.3 Å². The third-order valence-electron chi connectivity index (χ3n) is 2.34. The zero-order valence-electron chi connectivity index (χ0n) is 11.1. The standard InChI is InChI=1S/C12H14N4O2S2/c1-3-4-13-10-5-9(16(17)18)6-11(15-10)20-12-14-8(2)7-19-12/h5-7H,3-4H2,1-2H3,(H,13,15). The lowest BCUT2D eigenvalue weighted by molar-refractivity contribution is -0.385. The second kappa shape index (κ2) is 6.67. The second-order valence-electron chi connectivity index (χ2n) is 4.09. The first-order valence-corrected chi connectivity index (χ1v) is 7.78. The summed E-state index contributed by atoms with van der Waals surface area (Å²) in [6, 6.07) is 2.92. The highest BCUT2D eigenvalue weighted by molar-refractivity contribution is 8.01. The van der Waals surface area contributed by atoms with Crippen LogP contribution in [0.1, 0.15) is 19.0 Å². The fraction of sp³-hybridized carbons (Fsp3) is 0.333. The van der Waals surface area contributed by atoms with Crippen LogP contribution in [0, 0.1) is 17.0 Å². The largest absolute Gasteiger partial charge is 0.370 e. The van der Waals surface area contributed by atoms with Gasteiger partial charge < -0.3 is 5.32 Å². The van der Waals surface area contributed by atoms with E-state index in [2.05, 4.69) is 15.3 Å². The van der Waals surface area contributed by atoms with E-state index in [1.165, 1.54) is 35.2 Å². The zero-order valence-corrected chi connectivity index (χ0v) is 12.8. The van der Waals surface area contributed by atoms with Gasteiger partial charge >= 0.3 is 0 Å². The van der Waals surface area contributed by atoms with Crippen molar-refractivity contribution in [3.05, 3.63) is 33.3 Å². The molecule has 2 aromatic rings. The van der Waals surface area contributed by atoms with Crippen LogP contribution in [0.2, 0.25) is 0 Å². The molecule has 0 spiro atoms. The Bertz CT molecular complexity index is 615. The van der Waals surface area contributed by atoms with Crippen molar-refractivity contribution >= 4 is 34.6 Å². The molecule has 106 valence electrons. The molecule has 0 aliphatic carbocycles. The maximum Gasteiger partial charge on any atom is 0.275 e. The lowest BCUT2D eigenvalue weighted by Crippen LogP contribution is -2.03. The van der Waals surface area contributed by atoms with Crippen LogP contribution in [0.5, 0.6) is 0 Å². The predicted molar refractivity (Wildman–Crippen MR) is 80.6 cm³/mol. The highest BCUT2D eigenvalue weighted by atomic mass is 32.2. The topological polar surface area (TPSA) is 81.0 Å². The number of anilines is 1. The van der Waals surface area contributed by atoms with Crippen molar-refractivity contribution < 1.29 is 4.92 Å². The van der Waals surface area contributed by atoms with Crippen LogP contribution < -0.4 is 5.32 Å². The Morgan fingerprint density at radius 2 is 2.25 bits per heavy atom. The smallest absolute Gasteiger partial charge is 0.275 e. The van der Waals surface area contributed by atoms with Crippen molar-refractivity contribution in [1.29, 1.82) is 0 Å². The first-order chi connectivity index (χ1) is 9.58. The molecule has 20 heavy (non-hydrogen) atoms. The maximum absolute atomic E-state index is 11.0. The summed E-state index contributed by atoms with van der Waals surface area (Å²) in [5, 5.41) is 16.6. The summed E-state index contributed by atoms with van der Waals surface area (Å²) < 4.78 is 0.830. The zero-order chi connectivity index (χ0) is 14.5. The van der Waals surface area contributed by atoms with Crippen LogP contribution in [0.3, 0.4) is 0 Å². The van der Waals surface area contributed by atoms with E-state index in [-0.39, 0.29) is 5.69 Å². The fourth-order valence-corrected chi connectivity index (χ4v) is 3.27. The summed E-state index contributed by atoms with van der Waals surface area (Å²) in [7, 11) is 0. The molecule has 6 nitrogen and oxygen atoms in total. The number of hydrogen-bond donors (Lipinski definition) is 1. The number of rotatable bonds is 6. The molecule has 2 aromatic heterocycles. The van der Waals surface area contributed by atoms with Crippen molar-refractivity contribution in [2.45, 2.75) is 29.6 Å². The number of aromatic nitrogens is 2. The Balaban J connectivity index is 2.26. The summed E-state index contributed by atoms with van der Waals surface area (Å²) >= 11 is 2.84. The lowest BCUT2D eigenvalue weighted by Gasteiger charge is -2.05. The number of nitro groups is 1. The van der Waals surface area contributed by atoms with Gasteiger partial charge in [0.15, 0.2) is 4.34 Å². The molecule has 0 atom stereocenters. The van der Waals surface area contributed by atoms with Gasteiger partial charge in [-0.1, -0.05) is 6.92 Å². The van der Waals surface area contributed by atoms with Crippen LogP contribution >= 0.6 is 23.1 Å². The average Bonchev–Trinajstić information content (AvgIpc) is 2.81. The van der Waals surface area contributed by atoms with E-state index in [4.69, 9.17) is 0 Å². The van der Waals surface area contributed by atoms with Gasteiger partial charge in [-0.3, -0.25) is 10.1 Å². The van der Waals surface area contributed by atoms with E-state index < -0.39 is 4.92 Å². The number of nitrogens with zero attached hydrogens (tertiary/aromatic N) is 3. The van der Waals surface area contributed by atoms with Crippen molar-refractivity contribution in [2.24, 2.45) is 0 Å². The molecule has 0 fully saturated rings. The van der Waals surface area contributed by atoms with Gasteiger partial charge in [0.25, 0.3) is 5.69 Å². The Hall–Kier alpha value is -1.67. The van der Waals surface area contributed by atoms with Crippen LogP contribution in [-0.2, 0) is 0 Å². The number of thiazole rings is 1. The molecule has 0 aliphatic rings. The van der Waals surface area contributed by atoms with Crippen LogP contribution in [0.15, 0.2) is 26.9 Å². The normalized spacial score (nSPS) is 10.5. The van der Waals surface area contributed by atoms with E-state index in [1.807, 2.05) is 19.2 Å². The molecule has 0 saturated carbocycles.